The predicted octanol–water partition coefficient (Wildman–Crippen LogP) is 2.96. The minimum Gasteiger partial charge on any atom is -0.493 e. The summed E-state index contributed by atoms with van der Waals surface area (Å²) in [6.45, 7) is 3.84. The summed E-state index contributed by atoms with van der Waals surface area (Å²) in [5.41, 5.74) is 1.38. The second-order valence-corrected chi connectivity index (χ2v) is 5.11. The van der Waals surface area contributed by atoms with Gasteiger partial charge < -0.3 is 14.8 Å². The van der Waals surface area contributed by atoms with E-state index in [9.17, 15) is 0 Å². The largest absolute Gasteiger partial charge is 0.493 e. The van der Waals surface area contributed by atoms with Crippen molar-refractivity contribution in [2.45, 2.75) is 31.6 Å². The minimum atomic E-state index is 0.649. The molecule has 0 aromatic heterocycles. The molecule has 0 saturated carbocycles. The van der Waals surface area contributed by atoms with Gasteiger partial charge in [0, 0.05) is 13.7 Å². The van der Waals surface area contributed by atoms with Crippen LogP contribution in [0, 0.1) is 0 Å². The Balaban J connectivity index is 1.88. The summed E-state index contributed by atoms with van der Waals surface area (Å²) in [6.07, 6.45) is 4.54. The van der Waals surface area contributed by atoms with Gasteiger partial charge in [0.15, 0.2) is 0 Å². The SMILES string of the molecule is COCCCCOc1ccccc1C1CCNCC1. The molecule has 106 valence electrons. The molecule has 0 bridgehead atoms. The molecule has 3 nitrogen and oxygen atoms in total. The number of nitrogens with one attached hydrogen (secondary N) is 1. The first-order chi connectivity index (χ1) is 9.42. The van der Waals surface area contributed by atoms with Crippen LogP contribution in [0.1, 0.15) is 37.2 Å². The zero-order valence-electron chi connectivity index (χ0n) is 11.9. The summed E-state index contributed by atoms with van der Waals surface area (Å²) in [4.78, 5) is 0. The van der Waals surface area contributed by atoms with Gasteiger partial charge in [-0.3, -0.25) is 0 Å². The van der Waals surface area contributed by atoms with Gasteiger partial charge in [0.1, 0.15) is 5.75 Å². The maximum absolute atomic E-state index is 5.96. The van der Waals surface area contributed by atoms with Crippen LogP contribution in [0.2, 0.25) is 0 Å². The molecule has 1 aromatic rings. The third-order valence-electron chi connectivity index (χ3n) is 3.70. The van der Waals surface area contributed by atoms with Crippen LogP contribution < -0.4 is 10.1 Å². The number of para-hydroxylation sites is 1. The van der Waals surface area contributed by atoms with Crippen molar-refractivity contribution in [1.29, 1.82) is 0 Å². The monoisotopic (exact) mass is 263 g/mol. The number of unbranched alkanes of at least 4 members (excludes halogenated alkanes) is 1. The number of piperidine rings is 1. The van der Waals surface area contributed by atoms with Gasteiger partial charge in [0.05, 0.1) is 6.61 Å². The van der Waals surface area contributed by atoms with Crippen molar-refractivity contribution in [2.75, 3.05) is 33.4 Å². The standard InChI is InChI=1S/C16H25NO2/c1-18-12-4-5-13-19-16-7-3-2-6-15(16)14-8-10-17-11-9-14/h2-3,6-7,14,17H,4-5,8-13H2,1H3. The molecule has 19 heavy (non-hydrogen) atoms. The van der Waals surface area contributed by atoms with Crippen molar-refractivity contribution in [3.63, 3.8) is 0 Å². The first-order valence-corrected chi connectivity index (χ1v) is 7.33. The van der Waals surface area contributed by atoms with Crippen molar-refractivity contribution in [3.05, 3.63) is 29.8 Å². The maximum Gasteiger partial charge on any atom is 0.122 e. The van der Waals surface area contributed by atoms with E-state index >= 15 is 0 Å². The fourth-order valence-electron chi connectivity index (χ4n) is 2.61. The summed E-state index contributed by atoms with van der Waals surface area (Å²) in [6, 6.07) is 8.51. The zero-order valence-corrected chi connectivity index (χ0v) is 11.9. The molecule has 0 radical (unpaired) electrons. The highest BCUT2D eigenvalue weighted by Gasteiger charge is 2.18. The van der Waals surface area contributed by atoms with Crippen molar-refractivity contribution in [2.24, 2.45) is 0 Å². The molecule has 1 aromatic carbocycles. The predicted molar refractivity (Wildman–Crippen MR) is 77.9 cm³/mol. The van der Waals surface area contributed by atoms with Crippen molar-refractivity contribution < 1.29 is 9.47 Å². The summed E-state index contributed by atoms with van der Waals surface area (Å²) < 4.78 is 11.0. The molecule has 1 aliphatic heterocycles. The minimum absolute atomic E-state index is 0.649. The Kier molecular flexibility index (Phi) is 6.18. The Morgan fingerprint density at radius 2 is 1.84 bits per heavy atom. The molecule has 0 aliphatic carbocycles. The zero-order chi connectivity index (χ0) is 13.3. The lowest BCUT2D eigenvalue weighted by Gasteiger charge is -2.25. The Hall–Kier alpha value is -1.06. The first-order valence-electron chi connectivity index (χ1n) is 7.33. The van der Waals surface area contributed by atoms with E-state index in [0.29, 0.717) is 5.92 Å². The summed E-state index contributed by atoms with van der Waals surface area (Å²) in [7, 11) is 1.74. The van der Waals surface area contributed by atoms with Gasteiger partial charge in [-0.1, -0.05) is 18.2 Å². The Morgan fingerprint density at radius 3 is 2.63 bits per heavy atom. The lowest BCUT2D eigenvalue weighted by atomic mass is 9.89. The number of benzene rings is 1. The lowest BCUT2D eigenvalue weighted by molar-refractivity contribution is 0.184. The molecule has 3 heteroatoms. The first kappa shape index (κ1) is 14.4. The van der Waals surface area contributed by atoms with Crippen LogP contribution in [0.5, 0.6) is 5.75 Å². The number of hydrogen-bond donors (Lipinski definition) is 1. The van der Waals surface area contributed by atoms with E-state index in [1.807, 2.05) is 0 Å². The van der Waals surface area contributed by atoms with Crippen LogP contribution in [-0.2, 0) is 4.74 Å². The van der Waals surface area contributed by atoms with Crippen LogP contribution >= 0.6 is 0 Å². The molecule has 1 heterocycles. The highest BCUT2D eigenvalue weighted by molar-refractivity contribution is 5.36. The summed E-state index contributed by atoms with van der Waals surface area (Å²) in [5, 5.41) is 3.42. The van der Waals surface area contributed by atoms with Crippen LogP contribution in [-0.4, -0.2) is 33.4 Å². The van der Waals surface area contributed by atoms with Crippen molar-refractivity contribution in [1.82, 2.24) is 5.32 Å². The van der Waals surface area contributed by atoms with E-state index in [0.717, 1.165) is 44.9 Å². The topological polar surface area (TPSA) is 30.5 Å². The second-order valence-electron chi connectivity index (χ2n) is 5.11. The molecule has 1 aliphatic rings. The summed E-state index contributed by atoms with van der Waals surface area (Å²) in [5.74, 6) is 1.73. The molecule has 0 spiro atoms. The smallest absolute Gasteiger partial charge is 0.122 e. The van der Waals surface area contributed by atoms with Gasteiger partial charge in [0.2, 0.25) is 0 Å². The van der Waals surface area contributed by atoms with E-state index in [-0.39, 0.29) is 0 Å². The third kappa shape index (κ3) is 4.51. The van der Waals surface area contributed by atoms with Gasteiger partial charge in [-0.25, -0.2) is 0 Å². The fourth-order valence-corrected chi connectivity index (χ4v) is 2.61. The number of hydrogen-bond acceptors (Lipinski definition) is 3. The van der Waals surface area contributed by atoms with Crippen molar-refractivity contribution in [3.8, 4) is 5.75 Å². The average Bonchev–Trinajstić information content (AvgIpc) is 2.48. The number of methoxy groups -OCH3 is 1. The average molecular weight is 263 g/mol. The molecule has 2 rings (SSSR count). The van der Waals surface area contributed by atoms with Crippen LogP contribution in [0.15, 0.2) is 24.3 Å². The van der Waals surface area contributed by atoms with E-state index in [2.05, 4.69) is 29.6 Å². The van der Waals surface area contributed by atoms with Crippen LogP contribution in [0.3, 0.4) is 0 Å². The number of ether oxygens (including phenoxy) is 2. The lowest BCUT2D eigenvalue weighted by Crippen LogP contribution is -2.26. The Morgan fingerprint density at radius 1 is 1.11 bits per heavy atom. The molecule has 1 saturated heterocycles. The van der Waals surface area contributed by atoms with Crippen LogP contribution in [0.4, 0.5) is 0 Å². The molecular formula is C16H25NO2. The summed E-state index contributed by atoms with van der Waals surface area (Å²) >= 11 is 0. The highest BCUT2D eigenvalue weighted by atomic mass is 16.5. The van der Waals surface area contributed by atoms with E-state index < -0.39 is 0 Å². The Bertz CT molecular complexity index is 362. The molecule has 1 N–H and O–H groups in total. The van der Waals surface area contributed by atoms with Gasteiger partial charge >= 0.3 is 0 Å². The van der Waals surface area contributed by atoms with Gasteiger partial charge in [0.25, 0.3) is 0 Å². The molecule has 1 fully saturated rings. The van der Waals surface area contributed by atoms with Gasteiger partial charge in [-0.05, 0) is 56.3 Å². The van der Waals surface area contributed by atoms with Crippen LogP contribution in [0.25, 0.3) is 0 Å². The molecule has 0 atom stereocenters. The van der Waals surface area contributed by atoms with Gasteiger partial charge in [-0.15, -0.1) is 0 Å². The fraction of sp³-hybridized carbons (Fsp3) is 0.625. The second kappa shape index (κ2) is 8.18. The quantitative estimate of drug-likeness (QED) is 0.767. The normalized spacial score (nSPS) is 16.5. The van der Waals surface area contributed by atoms with Crippen molar-refractivity contribution >= 4 is 0 Å². The van der Waals surface area contributed by atoms with Gasteiger partial charge in [-0.2, -0.15) is 0 Å². The van der Waals surface area contributed by atoms with E-state index in [1.165, 1.54) is 18.4 Å². The maximum atomic E-state index is 5.96. The Labute approximate surface area is 116 Å². The van der Waals surface area contributed by atoms with E-state index in [4.69, 9.17) is 9.47 Å². The molecular weight excluding hydrogens is 238 g/mol. The molecule has 0 amide bonds. The van der Waals surface area contributed by atoms with E-state index in [1.54, 1.807) is 7.11 Å². The highest BCUT2D eigenvalue weighted by Crippen LogP contribution is 2.32. The third-order valence-corrected chi connectivity index (χ3v) is 3.70. The number of rotatable bonds is 7. The molecule has 0 unspecified atom stereocenters.